The smallest absolute Gasteiger partial charge is 0.0970 e. The van der Waals surface area contributed by atoms with E-state index in [4.69, 9.17) is 9.98 Å². The first-order chi connectivity index (χ1) is 24.7. The van der Waals surface area contributed by atoms with E-state index in [-0.39, 0.29) is 0 Å². The first-order valence-electron chi connectivity index (χ1n) is 17.5. The van der Waals surface area contributed by atoms with E-state index in [2.05, 4.69) is 132 Å². The van der Waals surface area contributed by atoms with E-state index >= 15 is 0 Å². The summed E-state index contributed by atoms with van der Waals surface area (Å²) in [4.78, 5) is 19.2. The molecule has 0 fully saturated rings. The molecule has 4 heterocycles. The maximum Gasteiger partial charge on any atom is 0.0970 e. The average molecular weight is 645 g/mol. The summed E-state index contributed by atoms with van der Waals surface area (Å²) in [6.45, 7) is 2.36. The summed E-state index contributed by atoms with van der Waals surface area (Å²) in [7, 11) is 0. The van der Waals surface area contributed by atoms with Crippen LogP contribution in [0.3, 0.4) is 0 Å². The predicted octanol–water partition coefficient (Wildman–Crippen LogP) is 11.8. The van der Waals surface area contributed by atoms with Gasteiger partial charge in [0.25, 0.3) is 0 Å². The van der Waals surface area contributed by atoms with Gasteiger partial charge in [-0.15, -0.1) is 0 Å². The SMILES string of the molecule is CC1CC(C2=N/C=C\C=C/CC2)C=Cc2ccc(-c3ccc4nc(-c5ccc(-c6cc7cccnc7c7ncccc67)cc5)ccc4c3)cc21. The maximum atomic E-state index is 5.09. The summed E-state index contributed by atoms with van der Waals surface area (Å²) in [5.74, 6) is 0.796. The van der Waals surface area contributed by atoms with Gasteiger partial charge in [-0.25, -0.2) is 4.98 Å². The minimum Gasteiger partial charge on any atom is -0.265 e. The van der Waals surface area contributed by atoms with Crippen molar-refractivity contribution in [2.45, 2.75) is 32.1 Å². The van der Waals surface area contributed by atoms with Gasteiger partial charge < -0.3 is 0 Å². The second kappa shape index (κ2) is 12.8. The van der Waals surface area contributed by atoms with Crippen LogP contribution in [-0.4, -0.2) is 20.7 Å². The van der Waals surface area contributed by atoms with Gasteiger partial charge in [0.05, 0.1) is 22.2 Å². The average Bonchev–Trinajstić information content (AvgIpc) is 3.32. The van der Waals surface area contributed by atoms with Gasteiger partial charge in [-0.05, 0) is 101 Å². The molecule has 7 aromatic rings. The molecule has 0 saturated carbocycles. The highest BCUT2D eigenvalue weighted by Crippen LogP contribution is 2.37. The Balaban J connectivity index is 0.976. The van der Waals surface area contributed by atoms with Crippen LogP contribution in [0.25, 0.3) is 72.3 Å². The Morgan fingerprint density at radius 1 is 0.680 bits per heavy atom. The summed E-state index contributed by atoms with van der Waals surface area (Å²) in [5.41, 5.74) is 13.7. The zero-order valence-electron chi connectivity index (χ0n) is 28.0. The third kappa shape index (κ3) is 5.63. The molecule has 2 aliphatic rings. The van der Waals surface area contributed by atoms with Crippen molar-refractivity contribution in [2.75, 3.05) is 0 Å². The Morgan fingerprint density at radius 2 is 1.48 bits per heavy atom. The fourth-order valence-electron chi connectivity index (χ4n) is 7.63. The highest BCUT2D eigenvalue weighted by atomic mass is 14.7. The molecular formula is C46H36N4. The number of hydrogen-bond acceptors (Lipinski definition) is 4. The third-order valence-electron chi connectivity index (χ3n) is 10.3. The second-order valence-electron chi connectivity index (χ2n) is 13.5. The third-order valence-corrected chi connectivity index (χ3v) is 10.3. The molecule has 0 amide bonds. The number of rotatable bonds is 4. The largest absolute Gasteiger partial charge is 0.265 e. The standard InChI is InChI=1S/C46H36N4/c1-30-26-36(42-10-4-2-3-5-23-47-42)18-14-31-13-17-35(28-40(30)31)34-19-21-44-37(27-34)20-22-43(50-44)33-15-11-32(12-16-33)41-29-38-8-6-24-48-45(38)46-39(41)9-7-25-49-46/h2-3,5-9,11-25,27-30,36H,4,10,26H2,1H3/b3-2-,23-5-,47-42?. The molecule has 50 heavy (non-hydrogen) atoms. The molecule has 0 radical (unpaired) electrons. The molecule has 4 heteroatoms. The van der Waals surface area contributed by atoms with Crippen molar-refractivity contribution in [1.82, 2.24) is 15.0 Å². The molecule has 0 saturated heterocycles. The molecule has 0 spiro atoms. The van der Waals surface area contributed by atoms with E-state index in [0.717, 1.165) is 74.4 Å². The predicted molar refractivity (Wildman–Crippen MR) is 209 cm³/mol. The van der Waals surface area contributed by atoms with Gasteiger partial charge in [-0.3, -0.25) is 15.0 Å². The van der Waals surface area contributed by atoms with Crippen LogP contribution in [0.2, 0.25) is 0 Å². The normalized spacial score (nSPS) is 18.6. The lowest BCUT2D eigenvalue weighted by atomic mass is 9.86. The molecule has 1 aliphatic carbocycles. The van der Waals surface area contributed by atoms with Crippen molar-refractivity contribution < 1.29 is 0 Å². The lowest BCUT2D eigenvalue weighted by Crippen LogP contribution is -2.14. The van der Waals surface area contributed by atoms with Crippen LogP contribution in [0.5, 0.6) is 0 Å². The zero-order valence-corrected chi connectivity index (χ0v) is 28.0. The zero-order chi connectivity index (χ0) is 33.4. The quantitative estimate of drug-likeness (QED) is 0.179. The summed E-state index contributed by atoms with van der Waals surface area (Å²) in [5, 5.41) is 3.33. The van der Waals surface area contributed by atoms with Crippen LogP contribution in [0.1, 0.15) is 43.2 Å². The number of benzene rings is 4. The minimum atomic E-state index is 0.363. The Hall–Kier alpha value is -6.00. The summed E-state index contributed by atoms with van der Waals surface area (Å²) in [6.07, 6.45) is 19.8. The number of pyridine rings is 3. The Kier molecular flexibility index (Phi) is 7.70. The first kappa shape index (κ1) is 30.1. The highest BCUT2D eigenvalue weighted by Gasteiger charge is 2.22. The first-order valence-corrected chi connectivity index (χ1v) is 17.5. The molecule has 3 aromatic heterocycles. The van der Waals surface area contributed by atoms with Crippen molar-refractivity contribution >= 4 is 44.5 Å². The highest BCUT2D eigenvalue weighted by molar-refractivity contribution is 6.10. The molecule has 2 unspecified atom stereocenters. The van der Waals surface area contributed by atoms with E-state index in [1.165, 1.54) is 28.0 Å². The summed E-state index contributed by atoms with van der Waals surface area (Å²) in [6, 6.07) is 37.0. The van der Waals surface area contributed by atoms with Crippen molar-refractivity contribution in [3.8, 4) is 33.5 Å². The van der Waals surface area contributed by atoms with Gasteiger partial charge in [0, 0.05) is 51.9 Å². The van der Waals surface area contributed by atoms with Gasteiger partial charge in [0.15, 0.2) is 0 Å². The molecular weight excluding hydrogens is 609 g/mol. The van der Waals surface area contributed by atoms with Gasteiger partial charge in [-0.2, -0.15) is 0 Å². The molecule has 0 N–H and O–H groups in total. The van der Waals surface area contributed by atoms with Crippen LogP contribution >= 0.6 is 0 Å². The number of hydrogen-bond donors (Lipinski definition) is 0. The van der Waals surface area contributed by atoms with E-state index in [1.54, 1.807) is 0 Å². The second-order valence-corrected chi connectivity index (χ2v) is 13.5. The molecule has 4 aromatic carbocycles. The summed E-state index contributed by atoms with van der Waals surface area (Å²) >= 11 is 0. The van der Waals surface area contributed by atoms with Crippen LogP contribution in [-0.2, 0) is 0 Å². The maximum absolute atomic E-state index is 5.09. The molecule has 4 nitrogen and oxygen atoms in total. The van der Waals surface area contributed by atoms with E-state index in [1.807, 2.05) is 36.8 Å². The van der Waals surface area contributed by atoms with Crippen LogP contribution in [0.15, 0.2) is 151 Å². The molecule has 0 bridgehead atoms. The number of aliphatic imine (C=N–C) groups is 1. The van der Waals surface area contributed by atoms with Crippen molar-refractivity contribution in [1.29, 1.82) is 0 Å². The molecule has 1 aliphatic heterocycles. The lowest BCUT2D eigenvalue weighted by molar-refractivity contribution is 0.628. The molecule has 2 atom stereocenters. The van der Waals surface area contributed by atoms with Crippen LogP contribution in [0.4, 0.5) is 0 Å². The van der Waals surface area contributed by atoms with E-state index in [9.17, 15) is 0 Å². The van der Waals surface area contributed by atoms with Crippen molar-refractivity contribution in [3.63, 3.8) is 0 Å². The topological polar surface area (TPSA) is 51.0 Å². The Bertz CT molecular complexity index is 2540. The fourth-order valence-corrected chi connectivity index (χ4v) is 7.63. The number of fused-ring (bicyclic) bond motifs is 5. The van der Waals surface area contributed by atoms with Gasteiger partial charge in [0.2, 0.25) is 0 Å². The van der Waals surface area contributed by atoms with Gasteiger partial charge in [0.1, 0.15) is 0 Å². The monoisotopic (exact) mass is 644 g/mol. The number of nitrogens with zero attached hydrogens (tertiary/aromatic N) is 4. The Morgan fingerprint density at radius 3 is 2.40 bits per heavy atom. The molecule has 240 valence electrons. The van der Waals surface area contributed by atoms with E-state index in [0.29, 0.717) is 11.8 Å². The lowest BCUT2D eigenvalue weighted by Gasteiger charge is -2.19. The molecule has 9 rings (SSSR count). The fraction of sp³-hybridized carbons (Fsp3) is 0.130. The van der Waals surface area contributed by atoms with E-state index < -0.39 is 0 Å². The number of allylic oxidation sites excluding steroid dienone is 4. The van der Waals surface area contributed by atoms with Gasteiger partial charge in [-0.1, -0.05) is 98.0 Å². The van der Waals surface area contributed by atoms with Crippen molar-refractivity contribution in [3.05, 3.63) is 157 Å². The summed E-state index contributed by atoms with van der Waals surface area (Å²) < 4.78 is 0. The minimum absolute atomic E-state index is 0.363. The van der Waals surface area contributed by atoms with Gasteiger partial charge >= 0.3 is 0 Å². The van der Waals surface area contributed by atoms with Crippen molar-refractivity contribution in [2.24, 2.45) is 10.9 Å². The number of aromatic nitrogens is 3. The van der Waals surface area contributed by atoms with Crippen LogP contribution < -0.4 is 0 Å². The Labute approximate surface area is 292 Å². The van der Waals surface area contributed by atoms with Crippen LogP contribution in [0, 0.1) is 5.92 Å².